The summed E-state index contributed by atoms with van der Waals surface area (Å²) in [4.78, 5) is 47.0. The van der Waals surface area contributed by atoms with Gasteiger partial charge in [-0.1, -0.05) is 18.1 Å². The number of nitrogens with one attached hydrogen (secondary N) is 1. The van der Waals surface area contributed by atoms with E-state index in [1.54, 1.807) is 65.6 Å². The number of aryl methyl sites for hydroxylation is 3. The Kier molecular flexibility index (Phi) is 8.71. The van der Waals surface area contributed by atoms with E-state index < -0.39 is 28.8 Å². The molecule has 1 saturated heterocycles. The largest absolute Gasteiger partial charge is 0.438 e. The van der Waals surface area contributed by atoms with Gasteiger partial charge in [0, 0.05) is 62.1 Å². The number of nitrogens with zero attached hydrogens (tertiary/aromatic N) is 9. The predicted molar refractivity (Wildman–Crippen MR) is 228 cm³/mol. The lowest BCUT2D eigenvalue weighted by Crippen LogP contribution is -2.41. The number of aromatic nitrogens is 9. The molecule has 1 amide bonds. The topological polar surface area (TPSA) is 156 Å². The van der Waals surface area contributed by atoms with Gasteiger partial charge in [0.15, 0.2) is 11.6 Å². The molecule has 15 nitrogen and oxygen atoms in total. The Morgan fingerprint density at radius 2 is 1.67 bits per heavy atom. The molecule has 11 rings (SSSR count). The minimum atomic E-state index is -0.845. The van der Waals surface area contributed by atoms with E-state index in [2.05, 4.69) is 40.4 Å². The Labute approximate surface area is 358 Å². The number of H-pyrrole nitrogens is 1. The molecule has 322 valence electrons. The van der Waals surface area contributed by atoms with Gasteiger partial charge in [0.2, 0.25) is 0 Å². The first kappa shape index (κ1) is 39.0. The normalized spacial score (nSPS) is 20.3. The third kappa shape index (κ3) is 5.77. The zero-order valence-corrected chi connectivity index (χ0v) is 35.4. The highest BCUT2D eigenvalue weighted by atomic mass is 19.1. The van der Waals surface area contributed by atoms with Crippen LogP contribution in [0.4, 0.5) is 8.78 Å². The first-order valence-corrected chi connectivity index (χ1v) is 21.3. The zero-order chi connectivity index (χ0) is 43.6. The highest BCUT2D eigenvalue weighted by Crippen LogP contribution is 2.56. The number of aromatic amines is 1. The molecule has 1 aliphatic carbocycles. The van der Waals surface area contributed by atoms with Crippen molar-refractivity contribution in [1.82, 2.24) is 48.3 Å². The van der Waals surface area contributed by atoms with Crippen LogP contribution in [0.25, 0.3) is 39.0 Å². The van der Waals surface area contributed by atoms with Gasteiger partial charge in [-0.15, -0.1) is 0 Å². The quantitative estimate of drug-likeness (QED) is 0.187. The number of halogens is 2. The van der Waals surface area contributed by atoms with E-state index in [-0.39, 0.29) is 28.7 Å². The molecular formula is C46H44F2N10O5. The smallest absolute Gasteiger partial charge is 0.381 e. The van der Waals surface area contributed by atoms with E-state index in [4.69, 9.17) is 14.4 Å². The molecule has 1 N–H and O–H groups in total. The second-order valence-corrected chi connectivity index (χ2v) is 17.4. The molecule has 0 bridgehead atoms. The van der Waals surface area contributed by atoms with E-state index in [9.17, 15) is 9.59 Å². The first-order valence-electron chi connectivity index (χ1n) is 21.3. The van der Waals surface area contributed by atoms with Crippen LogP contribution in [0.3, 0.4) is 0 Å². The van der Waals surface area contributed by atoms with E-state index in [1.165, 1.54) is 27.1 Å². The third-order valence-electron chi connectivity index (χ3n) is 13.7. The minimum absolute atomic E-state index is 0.00743. The lowest BCUT2D eigenvalue weighted by Gasteiger charge is -2.34. The van der Waals surface area contributed by atoms with E-state index in [0.29, 0.717) is 89.4 Å². The van der Waals surface area contributed by atoms with Crippen molar-refractivity contribution in [3.8, 4) is 17.2 Å². The van der Waals surface area contributed by atoms with Gasteiger partial charge in [-0.05, 0) is 111 Å². The number of carbonyl (C=O) groups is 1. The summed E-state index contributed by atoms with van der Waals surface area (Å²) in [6, 6.07) is 14.2. The van der Waals surface area contributed by atoms with Crippen molar-refractivity contribution >= 4 is 27.7 Å². The highest BCUT2D eigenvalue weighted by molar-refractivity contribution is 6.00. The molecule has 3 aromatic carbocycles. The fourth-order valence-corrected chi connectivity index (χ4v) is 10.3. The molecule has 0 unspecified atom stereocenters. The fourth-order valence-electron chi connectivity index (χ4n) is 10.3. The third-order valence-corrected chi connectivity index (χ3v) is 13.7. The number of carbonyl (C=O) groups excluding carboxylic acids is 1. The van der Waals surface area contributed by atoms with E-state index >= 15 is 13.6 Å². The number of imidazole rings is 1. The van der Waals surface area contributed by atoms with Crippen molar-refractivity contribution in [3.63, 3.8) is 0 Å². The van der Waals surface area contributed by atoms with Crippen LogP contribution in [0.1, 0.15) is 89.3 Å². The average Bonchev–Trinajstić information content (AvgIpc) is 3.91. The summed E-state index contributed by atoms with van der Waals surface area (Å²) in [6.07, 6.45) is 7.25. The van der Waals surface area contributed by atoms with Gasteiger partial charge in [0.1, 0.15) is 22.9 Å². The van der Waals surface area contributed by atoms with Gasteiger partial charge in [0.25, 0.3) is 5.91 Å². The summed E-state index contributed by atoms with van der Waals surface area (Å²) in [5.74, 6) is -0.848. The first-order chi connectivity index (χ1) is 30.3. The molecule has 3 atom stereocenters. The zero-order valence-electron chi connectivity index (χ0n) is 35.4. The van der Waals surface area contributed by atoms with Crippen molar-refractivity contribution in [1.29, 1.82) is 0 Å². The van der Waals surface area contributed by atoms with Gasteiger partial charge >= 0.3 is 11.4 Å². The van der Waals surface area contributed by atoms with Gasteiger partial charge in [-0.25, -0.2) is 23.1 Å². The number of hydrogen-bond acceptors (Lipinski definition) is 8. The molecule has 7 heterocycles. The summed E-state index contributed by atoms with van der Waals surface area (Å²) >= 11 is 0. The van der Waals surface area contributed by atoms with Gasteiger partial charge in [0.05, 0.1) is 40.2 Å². The predicted octanol–water partition coefficient (Wildman–Crippen LogP) is 6.66. The molecule has 1 saturated carbocycles. The summed E-state index contributed by atoms with van der Waals surface area (Å²) in [5.41, 5.74) is 4.23. The van der Waals surface area contributed by atoms with Gasteiger partial charge in [-0.2, -0.15) is 10.2 Å². The van der Waals surface area contributed by atoms with Crippen LogP contribution in [0, 0.1) is 31.4 Å². The summed E-state index contributed by atoms with van der Waals surface area (Å²) in [5, 5.41) is 14.6. The maximum atomic E-state index is 16.1. The number of benzene rings is 3. The van der Waals surface area contributed by atoms with Crippen LogP contribution >= 0.6 is 0 Å². The van der Waals surface area contributed by atoms with Crippen molar-refractivity contribution in [2.24, 2.45) is 13.0 Å². The second kappa shape index (κ2) is 14.1. The molecule has 63 heavy (non-hydrogen) atoms. The number of rotatable bonds is 7. The van der Waals surface area contributed by atoms with E-state index in [1.807, 2.05) is 17.6 Å². The SMILES string of the molecule is Cc1cc(-n2nc3c(c2-n2ccn(-c4ccc5c(cnn5C)c4F)c2=O)[C@H](C)N(C(=O)c2cc4cc(C5CCOCC5)ccc4n2[C@@]2(c4noc(=O)[nH]4)C[C@@H]2C)CC3)cc(C)c1F. The monoisotopic (exact) mass is 854 g/mol. The van der Waals surface area contributed by atoms with Crippen LogP contribution < -0.4 is 11.4 Å². The van der Waals surface area contributed by atoms with Crippen molar-refractivity contribution in [2.45, 2.75) is 70.9 Å². The Morgan fingerprint density at radius 3 is 2.38 bits per heavy atom. The highest BCUT2D eigenvalue weighted by Gasteiger charge is 2.59. The van der Waals surface area contributed by atoms with Crippen LogP contribution in [0.5, 0.6) is 0 Å². The van der Waals surface area contributed by atoms with Crippen LogP contribution in [0.15, 0.2) is 81.2 Å². The Bertz CT molecular complexity index is 3280. The van der Waals surface area contributed by atoms with E-state index in [0.717, 1.165) is 23.7 Å². The Balaban J connectivity index is 1.06. The standard InChI is InChI=1S/C46H44F2N10O5/c1-24-18-31(19-25(2)39(24)47)58-41(56-15-14-55(45(56)61)36-9-8-35-32(40(36)48)23-49-53(35)5)38-27(4)54(13-10-33(38)51-58)42(59)37-21-30-20-29(28-11-16-62-17-12-28)6-7-34(30)57(37)46(22-26(46)3)43-50-44(60)63-52-43/h6-9,14-15,18-21,23,26-28H,10-13,16-17,22H2,1-5H3,(H,50,52,60)/t26-,27-,46-/m0/s1. The molecular weight excluding hydrogens is 811 g/mol. The number of fused-ring (bicyclic) bond motifs is 3. The average molecular weight is 855 g/mol. The number of amides is 1. The van der Waals surface area contributed by atoms with Gasteiger partial charge < -0.3 is 14.2 Å². The van der Waals surface area contributed by atoms with Crippen molar-refractivity contribution < 1.29 is 22.8 Å². The molecule has 5 aromatic heterocycles. The summed E-state index contributed by atoms with van der Waals surface area (Å²) in [6.45, 7) is 8.99. The summed E-state index contributed by atoms with van der Waals surface area (Å²) in [7, 11) is 1.72. The minimum Gasteiger partial charge on any atom is -0.381 e. The van der Waals surface area contributed by atoms with Gasteiger partial charge in [-0.3, -0.25) is 28.1 Å². The lowest BCUT2D eigenvalue weighted by atomic mass is 9.91. The lowest BCUT2D eigenvalue weighted by molar-refractivity contribution is 0.0663. The van der Waals surface area contributed by atoms with Crippen molar-refractivity contribution in [2.75, 3.05) is 19.8 Å². The van der Waals surface area contributed by atoms with Crippen LogP contribution in [0.2, 0.25) is 0 Å². The maximum absolute atomic E-state index is 16.1. The summed E-state index contributed by atoms with van der Waals surface area (Å²) < 4.78 is 49.7. The maximum Gasteiger partial charge on any atom is 0.438 e. The van der Waals surface area contributed by atoms with Crippen molar-refractivity contribution in [3.05, 3.63) is 139 Å². The number of ether oxygens (including phenoxy) is 1. The molecule has 8 aromatic rings. The molecule has 2 aliphatic heterocycles. The fraction of sp³-hybridized carbons (Fsp3) is 0.348. The van der Waals surface area contributed by atoms with Crippen LogP contribution in [-0.2, 0) is 23.7 Å². The molecule has 0 spiro atoms. The van der Waals surface area contributed by atoms with Crippen LogP contribution in [-0.4, -0.2) is 74.0 Å². The molecule has 3 aliphatic rings. The second-order valence-electron chi connectivity index (χ2n) is 17.4. The molecule has 17 heteroatoms. The number of hydrogen-bond donors (Lipinski definition) is 1. The molecule has 0 radical (unpaired) electrons. The Morgan fingerprint density at radius 1 is 0.937 bits per heavy atom. The molecule has 2 fully saturated rings. The Hall–Kier alpha value is -6.88.